The molecule has 0 spiro atoms. The lowest BCUT2D eigenvalue weighted by molar-refractivity contribution is -0.175. The van der Waals surface area contributed by atoms with Crippen molar-refractivity contribution in [3.63, 3.8) is 0 Å². The molecule has 0 saturated carbocycles. The predicted octanol–water partition coefficient (Wildman–Crippen LogP) is 2.91. The second-order valence-corrected chi connectivity index (χ2v) is 6.71. The normalized spacial score (nSPS) is 25.0. The van der Waals surface area contributed by atoms with Gasteiger partial charge in [-0.2, -0.15) is 13.2 Å². The second-order valence-electron chi connectivity index (χ2n) is 6.71. The Labute approximate surface area is 126 Å². The fourth-order valence-electron chi connectivity index (χ4n) is 2.91. The monoisotopic (exact) mass is 310 g/mol. The molecule has 2 unspecified atom stereocenters. The van der Waals surface area contributed by atoms with Crippen LogP contribution < -0.4 is 5.32 Å². The third-order valence-corrected chi connectivity index (χ3v) is 3.85. The minimum Gasteiger partial charge on any atom is -0.371 e. The van der Waals surface area contributed by atoms with Crippen LogP contribution >= 0.6 is 0 Å². The molecule has 1 fully saturated rings. The molecule has 126 valence electrons. The summed E-state index contributed by atoms with van der Waals surface area (Å²) in [4.78, 5) is 2.28. The molecule has 0 aromatic carbocycles. The van der Waals surface area contributed by atoms with Gasteiger partial charge in [-0.15, -0.1) is 0 Å². The van der Waals surface area contributed by atoms with E-state index in [4.69, 9.17) is 4.74 Å². The van der Waals surface area contributed by atoms with Crippen LogP contribution in [0.25, 0.3) is 0 Å². The summed E-state index contributed by atoms with van der Waals surface area (Å²) in [6, 6.07) is 0.783. The lowest BCUT2D eigenvalue weighted by atomic mass is 9.95. The van der Waals surface area contributed by atoms with Gasteiger partial charge in [-0.3, -0.25) is 4.90 Å². The van der Waals surface area contributed by atoms with Gasteiger partial charge in [-0.05, 0) is 18.3 Å². The molecule has 1 aliphatic heterocycles. The number of halogens is 3. The van der Waals surface area contributed by atoms with Crippen LogP contribution in [0.4, 0.5) is 13.2 Å². The SMILES string of the molecule is CC(C)CC1CN(CCOCC(F)(F)F)C(C(C)C)CN1. The van der Waals surface area contributed by atoms with Crippen molar-refractivity contribution in [2.24, 2.45) is 11.8 Å². The summed E-state index contributed by atoms with van der Waals surface area (Å²) in [6.07, 6.45) is -3.15. The fourth-order valence-corrected chi connectivity index (χ4v) is 2.91. The summed E-state index contributed by atoms with van der Waals surface area (Å²) in [5, 5.41) is 3.56. The van der Waals surface area contributed by atoms with Gasteiger partial charge in [0.2, 0.25) is 0 Å². The van der Waals surface area contributed by atoms with Crippen LogP contribution in [0.15, 0.2) is 0 Å². The van der Waals surface area contributed by atoms with E-state index in [1.165, 1.54) is 0 Å². The summed E-state index contributed by atoms with van der Waals surface area (Å²) >= 11 is 0. The summed E-state index contributed by atoms with van der Waals surface area (Å²) < 4.78 is 41.0. The largest absolute Gasteiger partial charge is 0.411 e. The Hall–Kier alpha value is -0.330. The highest BCUT2D eigenvalue weighted by Crippen LogP contribution is 2.19. The lowest BCUT2D eigenvalue weighted by Crippen LogP contribution is -2.59. The van der Waals surface area contributed by atoms with Crippen LogP contribution in [0.1, 0.15) is 34.1 Å². The van der Waals surface area contributed by atoms with Gasteiger partial charge >= 0.3 is 6.18 Å². The van der Waals surface area contributed by atoms with Gasteiger partial charge in [0.1, 0.15) is 6.61 Å². The van der Waals surface area contributed by atoms with Gasteiger partial charge < -0.3 is 10.1 Å². The maximum absolute atomic E-state index is 12.1. The molecule has 3 nitrogen and oxygen atoms in total. The minimum atomic E-state index is -4.24. The highest BCUT2D eigenvalue weighted by molar-refractivity contribution is 4.88. The lowest BCUT2D eigenvalue weighted by Gasteiger charge is -2.43. The topological polar surface area (TPSA) is 24.5 Å². The van der Waals surface area contributed by atoms with E-state index in [1.807, 2.05) is 0 Å². The molecule has 0 aliphatic carbocycles. The van der Waals surface area contributed by atoms with Crippen molar-refractivity contribution in [1.29, 1.82) is 0 Å². The maximum atomic E-state index is 12.1. The van der Waals surface area contributed by atoms with E-state index < -0.39 is 12.8 Å². The quantitative estimate of drug-likeness (QED) is 0.732. The van der Waals surface area contributed by atoms with Crippen molar-refractivity contribution in [3.05, 3.63) is 0 Å². The van der Waals surface area contributed by atoms with Crippen LogP contribution in [0.3, 0.4) is 0 Å². The summed E-state index contributed by atoms with van der Waals surface area (Å²) in [7, 11) is 0. The number of nitrogens with zero attached hydrogens (tertiary/aromatic N) is 1. The maximum Gasteiger partial charge on any atom is 0.411 e. The van der Waals surface area contributed by atoms with Crippen molar-refractivity contribution in [3.8, 4) is 0 Å². The zero-order valence-corrected chi connectivity index (χ0v) is 13.5. The Morgan fingerprint density at radius 2 is 1.90 bits per heavy atom. The third kappa shape index (κ3) is 7.47. The molecule has 0 aromatic heterocycles. The first kappa shape index (κ1) is 18.7. The molecule has 21 heavy (non-hydrogen) atoms. The molecule has 2 atom stereocenters. The van der Waals surface area contributed by atoms with Gasteiger partial charge in [0.15, 0.2) is 0 Å². The molecule has 0 bridgehead atoms. The molecule has 1 heterocycles. The van der Waals surface area contributed by atoms with Gasteiger partial charge in [0, 0.05) is 31.7 Å². The van der Waals surface area contributed by atoms with Crippen molar-refractivity contribution < 1.29 is 17.9 Å². The van der Waals surface area contributed by atoms with Crippen molar-refractivity contribution in [2.75, 3.05) is 32.8 Å². The highest BCUT2D eigenvalue weighted by Gasteiger charge is 2.31. The number of hydrogen-bond acceptors (Lipinski definition) is 3. The third-order valence-electron chi connectivity index (χ3n) is 3.85. The fraction of sp³-hybridized carbons (Fsp3) is 1.00. The van der Waals surface area contributed by atoms with E-state index in [0.29, 0.717) is 30.5 Å². The smallest absolute Gasteiger partial charge is 0.371 e. The van der Waals surface area contributed by atoms with Crippen LogP contribution in [0.2, 0.25) is 0 Å². The molecule has 1 saturated heterocycles. The second kappa shape index (κ2) is 8.34. The van der Waals surface area contributed by atoms with E-state index in [0.717, 1.165) is 19.5 Å². The summed E-state index contributed by atoms with van der Waals surface area (Å²) in [6.45, 7) is 10.0. The summed E-state index contributed by atoms with van der Waals surface area (Å²) in [5.41, 5.74) is 0. The number of hydrogen-bond donors (Lipinski definition) is 1. The molecule has 1 N–H and O–H groups in total. The van der Waals surface area contributed by atoms with Crippen molar-refractivity contribution >= 4 is 0 Å². The molecular formula is C15H29F3N2O. The Kier molecular flexibility index (Phi) is 7.44. The number of nitrogens with one attached hydrogen (secondary N) is 1. The van der Waals surface area contributed by atoms with Crippen molar-refractivity contribution in [2.45, 2.75) is 52.4 Å². The predicted molar refractivity (Wildman–Crippen MR) is 78.3 cm³/mol. The van der Waals surface area contributed by atoms with Crippen LogP contribution in [-0.2, 0) is 4.74 Å². The number of piperazine rings is 1. The standard InChI is InChI=1S/C15H29F3N2O/c1-11(2)7-13-9-20(14(8-19-13)12(3)4)5-6-21-10-15(16,17)18/h11-14,19H,5-10H2,1-4H3. The first-order chi connectivity index (χ1) is 9.69. The highest BCUT2D eigenvalue weighted by atomic mass is 19.4. The number of alkyl halides is 3. The molecule has 0 amide bonds. The Bertz CT molecular complexity index is 295. The van der Waals surface area contributed by atoms with E-state index >= 15 is 0 Å². The van der Waals surface area contributed by atoms with Crippen LogP contribution in [0.5, 0.6) is 0 Å². The molecule has 1 aliphatic rings. The van der Waals surface area contributed by atoms with E-state index in [2.05, 4.69) is 37.9 Å². The van der Waals surface area contributed by atoms with Crippen LogP contribution in [-0.4, -0.2) is 56.0 Å². The zero-order valence-electron chi connectivity index (χ0n) is 13.5. The van der Waals surface area contributed by atoms with Gasteiger partial charge in [-0.1, -0.05) is 27.7 Å². The molecule has 6 heteroatoms. The van der Waals surface area contributed by atoms with Crippen LogP contribution in [0, 0.1) is 11.8 Å². The molecular weight excluding hydrogens is 281 g/mol. The summed E-state index contributed by atoms with van der Waals surface area (Å²) in [5.74, 6) is 1.08. The first-order valence-electron chi connectivity index (χ1n) is 7.81. The molecule has 1 rings (SSSR count). The Balaban J connectivity index is 2.44. The van der Waals surface area contributed by atoms with E-state index in [-0.39, 0.29) is 6.61 Å². The van der Waals surface area contributed by atoms with Crippen molar-refractivity contribution in [1.82, 2.24) is 10.2 Å². The number of ether oxygens (including phenoxy) is 1. The van der Waals surface area contributed by atoms with E-state index in [9.17, 15) is 13.2 Å². The Morgan fingerprint density at radius 3 is 2.43 bits per heavy atom. The van der Waals surface area contributed by atoms with Gasteiger partial charge in [0.05, 0.1) is 6.61 Å². The molecule has 0 aromatic rings. The van der Waals surface area contributed by atoms with Gasteiger partial charge in [0.25, 0.3) is 0 Å². The average Bonchev–Trinajstić information content (AvgIpc) is 2.32. The number of rotatable bonds is 7. The zero-order chi connectivity index (χ0) is 16.0. The van der Waals surface area contributed by atoms with Gasteiger partial charge in [-0.25, -0.2) is 0 Å². The average molecular weight is 310 g/mol. The van der Waals surface area contributed by atoms with E-state index in [1.54, 1.807) is 0 Å². The minimum absolute atomic E-state index is 0.136. The molecule has 0 radical (unpaired) electrons. The first-order valence-corrected chi connectivity index (χ1v) is 7.81. The Morgan fingerprint density at radius 1 is 1.24 bits per heavy atom.